The summed E-state index contributed by atoms with van der Waals surface area (Å²) >= 11 is 0. The Morgan fingerprint density at radius 3 is 2.63 bits per heavy atom. The lowest BCUT2D eigenvalue weighted by Crippen LogP contribution is -2.42. The third-order valence-corrected chi connectivity index (χ3v) is 5.28. The second kappa shape index (κ2) is 7.64. The van der Waals surface area contributed by atoms with Crippen molar-refractivity contribution in [2.45, 2.75) is 52.6 Å². The number of anilines is 1. The first-order chi connectivity index (χ1) is 13.1. The largest absolute Gasteiger partial charge is 0.356 e. The minimum absolute atomic E-state index is 0.529. The molecule has 0 unspecified atom stereocenters. The molecular weight excluding hydrogens is 336 g/mol. The van der Waals surface area contributed by atoms with Gasteiger partial charge in [-0.2, -0.15) is 0 Å². The van der Waals surface area contributed by atoms with Crippen molar-refractivity contribution in [3.05, 3.63) is 53.4 Å². The van der Waals surface area contributed by atoms with Crippen molar-refractivity contribution in [1.29, 1.82) is 0 Å². The number of rotatable bonds is 5. The Balaban J connectivity index is 1.33. The van der Waals surface area contributed by atoms with Crippen LogP contribution < -0.4 is 10.2 Å². The van der Waals surface area contributed by atoms with Crippen LogP contribution in [0, 0.1) is 13.8 Å². The van der Waals surface area contributed by atoms with Crippen molar-refractivity contribution in [2.24, 2.45) is 0 Å². The highest BCUT2D eigenvalue weighted by atomic mass is 15.2. The Morgan fingerprint density at radius 1 is 1.04 bits per heavy atom. The highest BCUT2D eigenvalue weighted by Crippen LogP contribution is 2.19. The van der Waals surface area contributed by atoms with Crippen LogP contribution in [0.1, 0.15) is 42.5 Å². The predicted octanol–water partition coefficient (Wildman–Crippen LogP) is 3.06. The Labute approximate surface area is 160 Å². The molecule has 1 aliphatic rings. The van der Waals surface area contributed by atoms with Gasteiger partial charge in [0, 0.05) is 49.8 Å². The Kier molecular flexibility index (Phi) is 5.07. The summed E-state index contributed by atoms with van der Waals surface area (Å²) in [6.45, 7) is 9.10. The maximum atomic E-state index is 4.70. The second-order valence-corrected chi connectivity index (χ2v) is 7.46. The maximum Gasteiger partial charge on any atom is 0.137 e. The molecule has 3 aromatic rings. The molecule has 0 amide bonds. The lowest BCUT2D eigenvalue weighted by Gasteiger charge is -2.33. The molecule has 1 fully saturated rings. The summed E-state index contributed by atoms with van der Waals surface area (Å²) in [5.41, 5.74) is 4.48. The molecule has 1 N–H and O–H groups in total. The standard InChI is InChI=1S/C21H28N6/c1-4-17-11-21(24-16(3)23-17)26-9-7-18(8-10-26)22-12-19-14-27-13-15(2)5-6-20(27)25-19/h5-6,11,13-14,18,22H,4,7-10,12H2,1-3H3. The number of nitrogens with zero attached hydrogens (tertiary/aromatic N) is 5. The van der Waals surface area contributed by atoms with E-state index in [9.17, 15) is 0 Å². The van der Waals surface area contributed by atoms with E-state index in [4.69, 9.17) is 4.98 Å². The van der Waals surface area contributed by atoms with Crippen LogP contribution >= 0.6 is 0 Å². The number of nitrogens with one attached hydrogen (secondary N) is 1. The molecule has 0 bridgehead atoms. The highest BCUT2D eigenvalue weighted by molar-refractivity contribution is 5.42. The van der Waals surface area contributed by atoms with Gasteiger partial charge in [-0.1, -0.05) is 13.0 Å². The summed E-state index contributed by atoms with van der Waals surface area (Å²) < 4.78 is 2.11. The third-order valence-electron chi connectivity index (χ3n) is 5.28. The van der Waals surface area contributed by atoms with E-state index in [1.807, 2.05) is 6.92 Å². The van der Waals surface area contributed by atoms with E-state index < -0.39 is 0 Å². The Hall–Kier alpha value is -2.47. The number of hydrogen-bond donors (Lipinski definition) is 1. The number of pyridine rings is 1. The molecule has 0 radical (unpaired) electrons. The molecule has 6 nitrogen and oxygen atoms in total. The predicted molar refractivity (Wildman–Crippen MR) is 108 cm³/mol. The smallest absolute Gasteiger partial charge is 0.137 e. The fraction of sp³-hybridized carbons (Fsp3) is 0.476. The SMILES string of the molecule is CCc1cc(N2CCC(NCc3cn4cc(C)ccc4n3)CC2)nc(C)n1. The number of fused-ring (bicyclic) bond motifs is 1. The summed E-state index contributed by atoms with van der Waals surface area (Å²) in [5, 5.41) is 3.68. The van der Waals surface area contributed by atoms with Crippen LogP contribution in [-0.2, 0) is 13.0 Å². The van der Waals surface area contributed by atoms with Gasteiger partial charge in [0.2, 0.25) is 0 Å². The third kappa shape index (κ3) is 4.11. The van der Waals surface area contributed by atoms with Gasteiger partial charge in [-0.05, 0) is 44.7 Å². The summed E-state index contributed by atoms with van der Waals surface area (Å²) in [5.74, 6) is 1.94. The van der Waals surface area contributed by atoms with Crippen molar-refractivity contribution in [3.8, 4) is 0 Å². The van der Waals surface area contributed by atoms with Crippen LogP contribution in [0.25, 0.3) is 5.65 Å². The van der Waals surface area contributed by atoms with Crippen LogP contribution in [0.5, 0.6) is 0 Å². The number of piperidine rings is 1. The monoisotopic (exact) mass is 364 g/mol. The van der Waals surface area contributed by atoms with Crippen molar-refractivity contribution >= 4 is 11.5 Å². The molecule has 0 aromatic carbocycles. The van der Waals surface area contributed by atoms with Crippen molar-refractivity contribution in [1.82, 2.24) is 24.7 Å². The van der Waals surface area contributed by atoms with Crippen LogP contribution in [-0.4, -0.2) is 38.5 Å². The molecule has 0 spiro atoms. The summed E-state index contributed by atoms with van der Waals surface area (Å²) in [6.07, 6.45) is 7.44. The van der Waals surface area contributed by atoms with E-state index >= 15 is 0 Å². The Morgan fingerprint density at radius 2 is 1.85 bits per heavy atom. The van der Waals surface area contributed by atoms with E-state index in [1.54, 1.807) is 0 Å². The first-order valence-corrected chi connectivity index (χ1v) is 9.88. The van der Waals surface area contributed by atoms with Crippen molar-refractivity contribution < 1.29 is 0 Å². The number of aromatic nitrogens is 4. The average Bonchev–Trinajstić information content (AvgIpc) is 3.08. The summed E-state index contributed by atoms with van der Waals surface area (Å²) in [4.78, 5) is 16.2. The first kappa shape index (κ1) is 17.9. The van der Waals surface area contributed by atoms with Crippen LogP contribution in [0.3, 0.4) is 0 Å². The minimum Gasteiger partial charge on any atom is -0.356 e. The van der Waals surface area contributed by atoms with Gasteiger partial charge in [-0.25, -0.2) is 15.0 Å². The first-order valence-electron chi connectivity index (χ1n) is 9.88. The maximum absolute atomic E-state index is 4.70. The van der Waals surface area contributed by atoms with Gasteiger partial charge in [0.1, 0.15) is 17.3 Å². The van der Waals surface area contributed by atoms with Gasteiger partial charge in [0.25, 0.3) is 0 Å². The molecule has 4 rings (SSSR count). The van der Waals surface area contributed by atoms with Crippen LogP contribution in [0.15, 0.2) is 30.6 Å². The molecule has 6 heteroatoms. The molecule has 0 atom stereocenters. The van der Waals surface area contributed by atoms with E-state index in [1.165, 1.54) is 5.56 Å². The lowest BCUT2D eigenvalue weighted by molar-refractivity contribution is 0.411. The van der Waals surface area contributed by atoms with E-state index in [-0.39, 0.29) is 0 Å². The van der Waals surface area contributed by atoms with E-state index in [0.717, 1.165) is 67.6 Å². The molecule has 27 heavy (non-hydrogen) atoms. The molecule has 3 aromatic heterocycles. The van der Waals surface area contributed by atoms with Gasteiger partial charge < -0.3 is 14.6 Å². The zero-order valence-electron chi connectivity index (χ0n) is 16.4. The highest BCUT2D eigenvalue weighted by Gasteiger charge is 2.20. The minimum atomic E-state index is 0.529. The molecular formula is C21H28N6. The molecule has 4 heterocycles. The van der Waals surface area contributed by atoms with E-state index in [2.05, 4.69) is 69.0 Å². The van der Waals surface area contributed by atoms with Crippen LogP contribution in [0.4, 0.5) is 5.82 Å². The van der Waals surface area contributed by atoms with Crippen molar-refractivity contribution in [3.63, 3.8) is 0 Å². The molecule has 0 aliphatic carbocycles. The molecule has 1 saturated heterocycles. The van der Waals surface area contributed by atoms with Gasteiger partial charge in [-0.15, -0.1) is 0 Å². The zero-order valence-corrected chi connectivity index (χ0v) is 16.4. The lowest BCUT2D eigenvalue weighted by atomic mass is 10.0. The quantitative estimate of drug-likeness (QED) is 0.754. The molecule has 0 saturated carbocycles. The van der Waals surface area contributed by atoms with E-state index in [0.29, 0.717) is 6.04 Å². The Bertz CT molecular complexity index is 924. The molecule has 142 valence electrons. The average molecular weight is 364 g/mol. The van der Waals surface area contributed by atoms with Gasteiger partial charge in [-0.3, -0.25) is 0 Å². The van der Waals surface area contributed by atoms with Crippen molar-refractivity contribution in [2.75, 3.05) is 18.0 Å². The summed E-state index contributed by atoms with van der Waals surface area (Å²) in [6, 6.07) is 6.85. The van der Waals surface area contributed by atoms with Gasteiger partial charge in [0.15, 0.2) is 0 Å². The topological polar surface area (TPSA) is 58.4 Å². The zero-order chi connectivity index (χ0) is 18.8. The van der Waals surface area contributed by atoms with Gasteiger partial charge in [0.05, 0.1) is 5.69 Å². The normalized spacial score (nSPS) is 15.6. The van der Waals surface area contributed by atoms with Gasteiger partial charge >= 0.3 is 0 Å². The number of hydrogen-bond acceptors (Lipinski definition) is 5. The van der Waals surface area contributed by atoms with Crippen LogP contribution in [0.2, 0.25) is 0 Å². The molecule has 1 aliphatic heterocycles. The second-order valence-electron chi connectivity index (χ2n) is 7.46. The number of imidazole rings is 1. The number of aryl methyl sites for hydroxylation is 3. The summed E-state index contributed by atoms with van der Waals surface area (Å²) in [7, 11) is 0. The fourth-order valence-corrected chi connectivity index (χ4v) is 3.76. The fourth-order valence-electron chi connectivity index (χ4n) is 3.76.